The molecule has 0 radical (unpaired) electrons. The van der Waals surface area contributed by atoms with Crippen LogP contribution in [0.4, 0.5) is 0 Å². The van der Waals surface area contributed by atoms with Crippen molar-refractivity contribution in [3.05, 3.63) is 22.7 Å². The van der Waals surface area contributed by atoms with Gasteiger partial charge >= 0.3 is 5.97 Å². The van der Waals surface area contributed by atoms with E-state index in [1.807, 2.05) is 13.8 Å². The first kappa shape index (κ1) is 15.4. The summed E-state index contributed by atoms with van der Waals surface area (Å²) in [4.78, 5) is 30.4. The van der Waals surface area contributed by atoms with Crippen LogP contribution in [0.5, 0.6) is 0 Å². The van der Waals surface area contributed by atoms with Crippen LogP contribution in [0.15, 0.2) is 6.07 Å². The molecule has 1 heterocycles. The van der Waals surface area contributed by atoms with E-state index in [-0.39, 0.29) is 23.3 Å². The second-order valence-electron chi connectivity index (χ2n) is 4.59. The van der Waals surface area contributed by atoms with Gasteiger partial charge in [0.05, 0.1) is 6.42 Å². The number of halogens is 1. The third-order valence-electron chi connectivity index (χ3n) is 2.58. The molecule has 6 nitrogen and oxygen atoms in total. The average Bonchev–Trinajstić information content (AvgIpc) is 2.25. The fourth-order valence-corrected chi connectivity index (χ4v) is 1.76. The minimum atomic E-state index is -0.962. The van der Waals surface area contributed by atoms with E-state index < -0.39 is 17.9 Å². The van der Waals surface area contributed by atoms with Crippen molar-refractivity contribution in [3.8, 4) is 0 Å². The van der Waals surface area contributed by atoms with Gasteiger partial charge in [0.2, 0.25) is 5.28 Å². The molecule has 0 aliphatic carbocycles. The maximum Gasteiger partial charge on any atom is 0.305 e. The van der Waals surface area contributed by atoms with E-state index in [0.717, 1.165) is 0 Å². The number of hydrogen-bond acceptors (Lipinski definition) is 4. The van der Waals surface area contributed by atoms with E-state index in [2.05, 4.69) is 15.3 Å². The molecular formula is C12H16ClN3O3. The number of nitrogens with zero attached hydrogens (tertiary/aromatic N) is 2. The van der Waals surface area contributed by atoms with Gasteiger partial charge in [-0.3, -0.25) is 9.59 Å². The Morgan fingerprint density at radius 3 is 2.53 bits per heavy atom. The number of hydrogen-bond donors (Lipinski definition) is 2. The van der Waals surface area contributed by atoms with Gasteiger partial charge in [-0.05, 0) is 30.5 Å². The smallest absolute Gasteiger partial charge is 0.305 e. The van der Waals surface area contributed by atoms with E-state index in [1.54, 1.807) is 6.92 Å². The minimum Gasteiger partial charge on any atom is -0.481 e. The Balaban J connectivity index is 2.84. The maximum atomic E-state index is 12.0. The van der Waals surface area contributed by atoms with Crippen molar-refractivity contribution < 1.29 is 14.7 Å². The lowest BCUT2D eigenvalue weighted by Gasteiger charge is -2.20. The van der Waals surface area contributed by atoms with Crippen molar-refractivity contribution in [2.75, 3.05) is 0 Å². The molecule has 1 unspecified atom stereocenters. The standard InChI is InChI=1S/C12H16ClN3O3/c1-6(2)8(5-10(17)18)15-11(19)9-4-7(3)14-12(13)16-9/h4,6,8H,5H2,1-3H3,(H,15,19)(H,17,18). The molecule has 0 fully saturated rings. The lowest BCUT2D eigenvalue weighted by Crippen LogP contribution is -2.40. The van der Waals surface area contributed by atoms with E-state index in [0.29, 0.717) is 5.69 Å². The van der Waals surface area contributed by atoms with Crippen LogP contribution >= 0.6 is 11.6 Å². The lowest BCUT2D eigenvalue weighted by molar-refractivity contribution is -0.137. The van der Waals surface area contributed by atoms with E-state index >= 15 is 0 Å². The number of rotatable bonds is 5. The summed E-state index contributed by atoms with van der Waals surface area (Å²) >= 11 is 5.68. The highest BCUT2D eigenvalue weighted by Gasteiger charge is 2.21. The zero-order valence-corrected chi connectivity index (χ0v) is 11.7. The Hall–Kier alpha value is -1.69. The number of carbonyl (C=O) groups excluding carboxylic acids is 1. The molecule has 1 rings (SSSR count). The van der Waals surface area contributed by atoms with Gasteiger partial charge in [-0.1, -0.05) is 13.8 Å². The first-order chi connectivity index (χ1) is 8.79. The van der Waals surface area contributed by atoms with Gasteiger partial charge in [0.15, 0.2) is 0 Å². The number of aliphatic carboxylic acids is 1. The van der Waals surface area contributed by atoms with Gasteiger partial charge in [0.25, 0.3) is 5.91 Å². The molecule has 7 heteroatoms. The van der Waals surface area contributed by atoms with Crippen LogP contribution in [0.25, 0.3) is 0 Å². The summed E-state index contributed by atoms with van der Waals surface area (Å²) in [5, 5.41) is 11.4. The number of aryl methyl sites for hydroxylation is 1. The number of carboxylic acids is 1. The van der Waals surface area contributed by atoms with Crippen molar-refractivity contribution >= 4 is 23.5 Å². The number of nitrogens with one attached hydrogen (secondary N) is 1. The first-order valence-corrected chi connectivity index (χ1v) is 6.21. The van der Waals surface area contributed by atoms with Gasteiger partial charge in [-0.15, -0.1) is 0 Å². The number of amides is 1. The highest BCUT2D eigenvalue weighted by atomic mass is 35.5. The SMILES string of the molecule is Cc1cc(C(=O)NC(CC(=O)O)C(C)C)nc(Cl)n1. The molecule has 0 aliphatic rings. The third kappa shape index (κ3) is 4.82. The van der Waals surface area contributed by atoms with Crippen LogP contribution < -0.4 is 5.32 Å². The molecule has 0 saturated carbocycles. The summed E-state index contributed by atoms with van der Waals surface area (Å²) in [7, 11) is 0. The molecule has 0 aromatic carbocycles. The quantitative estimate of drug-likeness (QED) is 0.803. The van der Waals surface area contributed by atoms with E-state index in [4.69, 9.17) is 16.7 Å². The molecule has 19 heavy (non-hydrogen) atoms. The van der Waals surface area contributed by atoms with Crippen molar-refractivity contribution in [3.63, 3.8) is 0 Å². The Morgan fingerprint density at radius 2 is 2.05 bits per heavy atom. The summed E-state index contributed by atoms with van der Waals surface area (Å²) in [5.74, 6) is -1.42. The van der Waals surface area contributed by atoms with Gasteiger partial charge in [0.1, 0.15) is 5.69 Å². The van der Waals surface area contributed by atoms with Gasteiger partial charge in [0, 0.05) is 11.7 Å². The topological polar surface area (TPSA) is 92.2 Å². The molecule has 0 bridgehead atoms. The van der Waals surface area contributed by atoms with E-state index in [9.17, 15) is 9.59 Å². The van der Waals surface area contributed by atoms with Crippen LogP contribution in [0, 0.1) is 12.8 Å². The predicted octanol–water partition coefficient (Wildman–Crippen LogP) is 1.67. The second kappa shape index (κ2) is 6.47. The lowest BCUT2D eigenvalue weighted by atomic mass is 10.0. The monoisotopic (exact) mass is 285 g/mol. The molecule has 1 amide bonds. The number of carboxylic acid groups (broad SMARTS) is 1. The summed E-state index contributed by atoms with van der Waals surface area (Å²) in [5.41, 5.74) is 0.707. The molecule has 1 atom stereocenters. The van der Waals surface area contributed by atoms with Crippen molar-refractivity contribution in [1.82, 2.24) is 15.3 Å². The van der Waals surface area contributed by atoms with Crippen LogP contribution in [-0.2, 0) is 4.79 Å². The Morgan fingerprint density at radius 1 is 1.42 bits per heavy atom. The van der Waals surface area contributed by atoms with Gasteiger partial charge < -0.3 is 10.4 Å². The minimum absolute atomic E-state index is 0.00143. The summed E-state index contributed by atoms with van der Waals surface area (Å²) in [6, 6.07) is 1.04. The predicted molar refractivity (Wildman–Crippen MR) is 70.1 cm³/mol. The van der Waals surface area contributed by atoms with Crippen LogP contribution in [0.1, 0.15) is 36.5 Å². The molecule has 1 aromatic rings. The van der Waals surface area contributed by atoms with E-state index in [1.165, 1.54) is 6.07 Å². The van der Waals surface area contributed by atoms with Crippen molar-refractivity contribution in [2.24, 2.45) is 5.92 Å². The first-order valence-electron chi connectivity index (χ1n) is 5.83. The normalized spacial score (nSPS) is 12.3. The fraction of sp³-hybridized carbons (Fsp3) is 0.500. The average molecular weight is 286 g/mol. The van der Waals surface area contributed by atoms with Crippen LogP contribution in [0.2, 0.25) is 5.28 Å². The molecule has 2 N–H and O–H groups in total. The molecule has 1 aromatic heterocycles. The van der Waals surface area contributed by atoms with Crippen LogP contribution in [-0.4, -0.2) is 33.0 Å². The number of carbonyl (C=O) groups is 2. The molecule has 0 spiro atoms. The maximum absolute atomic E-state index is 12.0. The molecule has 104 valence electrons. The van der Waals surface area contributed by atoms with Gasteiger partial charge in [-0.25, -0.2) is 9.97 Å². The summed E-state index contributed by atoms with van der Waals surface area (Å²) in [6.45, 7) is 5.37. The Labute approximate surface area is 116 Å². The third-order valence-corrected chi connectivity index (χ3v) is 2.74. The largest absolute Gasteiger partial charge is 0.481 e. The van der Waals surface area contributed by atoms with Crippen molar-refractivity contribution in [2.45, 2.75) is 33.2 Å². The summed E-state index contributed by atoms with van der Waals surface area (Å²) in [6.07, 6.45) is -0.138. The summed E-state index contributed by atoms with van der Waals surface area (Å²) < 4.78 is 0. The Kier molecular flexibility index (Phi) is 5.23. The Bertz CT molecular complexity index is 471. The second-order valence-corrected chi connectivity index (χ2v) is 4.92. The zero-order chi connectivity index (χ0) is 14.6. The van der Waals surface area contributed by atoms with Crippen LogP contribution in [0.3, 0.4) is 0 Å². The highest BCUT2D eigenvalue weighted by molar-refractivity contribution is 6.28. The highest BCUT2D eigenvalue weighted by Crippen LogP contribution is 2.09. The number of aromatic nitrogens is 2. The van der Waals surface area contributed by atoms with Crippen molar-refractivity contribution in [1.29, 1.82) is 0 Å². The molecule has 0 saturated heterocycles. The zero-order valence-electron chi connectivity index (χ0n) is 11.0. The molecular weight excluding hydrogens is 270 g/mol. The fourth-order valence-electron chi connectivity index (χ4n) is 1.53. The molecule has 0 aliphatic heterocycles. The van der Waals surface area contributed by atoms with Gasteiger partial charge in [-0.2, -0.15) is 0 Å².